The van der Waals surface area contributed by atoms with Gasteiger partial charge in [0.25, 0.3) is 0 Å². The highest BCUT2D eigenvalue weighted by Gasteiger charge is 2.19. The van der Waals surface area contributed by atoms with Crippen LogP contribution in [0.3, 0.4) is 0 Å². The highest BCUT2D eigenvalue weighted by molar-refractivity contribution is 5.72. The van der Waals surface area contributed by atoms with Crippen molar-refractivity contribution in [2.24, 2.45) is 11.7 Å². The molecule has 5 heteroatoms. The molecule has 1 saturated carbocycles. The summed E-state index contributed by atoms with van der Waals surface area (Å²) in [6.45, 7) is 1.42. The number of rotatable bonds is 2. The first-order chi connectivity index (χ1) is 6.95. The van der Waals surface area contributed by atoms with Crippen molar-refractivity contribution < 1.29 is 19.8 Å². The maximum absolute atomic E-state index is 10.4. The molecule has 4 N–H and O–H groups in total. The van der Waals surface area contributed by atoms with Gasteiger partial charge in [-0.25, -0.2) is 0 Å². The van der Waals surface area contributed by atoms with E-state index in [0.29, 0.717) is 0 Å². The summed E-state index contributed by atoms with van der Waals surface area (Å²) < 4.78 is 0. The Bertz CT molecular complexity index is 209. The maximum Gasteiger partial charge on any atom is 0.320 e. The monoisotopic (exact) mass is 217 g/mol. The Morgan fingerprint density at radius 3 is 1.80 bits per heavy atom. The predicted octanol–water partition coefficient (Wildman–Crippen LogP) is 1.07. The molecule has 0 spiro atoms. The fourth-order valence-corrected chi connectivity index (χ4v) is 1.35. The molecule has 5 nitrogen and oxygen atoms in total. The van der Waals surface area contributed by atoms with E-state index in [-0.39, 0.29) is 5.92 Å². The Balaban J connectivity index is 0.000000288. The summed E-state index contributed by atoms with van der Waals surface area (Å²) in [5.74, 6) is -1.59. The zero-order valence-electron chi connectivity index (χ0n) is 8.98. The van der Waals surface area contributed by atoms with Crippen molar-refractivity contribution in [3.63, 3.8) is 0 Å². The first-order valence-electron chi connectivity index (χ1n) is 5.16. The minimum absolute atomic E-state index is 0.0289. The highest BCUT2D eigenvalue weighted by Crippen LogP contribution is 2.23. The number of carboxylic acids is 2. The average Bonchev–Trinajstić information content (AvgIpc) is 2.20. The molecule has 15 heavy (non-hydrogen) atoms. The minimum atomic E-state index is -0.963. The van der Waals surface area contributed by atoms with E-state index in [2.05, 4.69) is 0 Å². The molecule has 0 heterocycles. The topological polar surface area (TPSA) is 101 Å². The van der Waals surface area contributed by atoms with Gasteiger partial charge >= 0.3 is 11.9 Å². The van der Waals surface area contributed by atoms with Gasteiger partial charge in [-0.3, -0.25) is 9.59 Å². The van der Waals surface area contributed by atoms with Crippen LogP contribution in [0.1, 0.15) is 39.0 Å². The second-order valence-electron chi connectivity index (χ2n) is 3.80. The molecule has 0 aromatic heterocycles. The quantitative estimate of drug-likeness (QED) is 0.642. The lowest BCUT2D eigenvalue weighted by molar-refractivity contribution is -0.142. The van der Waals surface area contributed by atoms with Crippen LogP contribution in [0.15, 0.2) is 0 Å². The van der Waals surface area contributed by atoms with Crippen LogP contribution in [0.5, 0.6) is 0 Å². The number of hydrogen-bond acceptors (Lipinski definition) is 3. The van der Waals surface area contributed by atoms with E-state index in [1.54, 1.807) is 0 Å². The summed E-state index contributed by atoms with van der Waals surface area (Å²) in [5, 5.41) is 16.4. The van der Waals surface area contributed by atoms with Gasteiger partial charge in [-0.1, -0.05) is 19.3 Å². The van der Waals surface area contributed by atoms with E-state index >= 15 is 0 Å². The van der Waals surface area contributed by atoms with Gasteiger partial charge in [0.2, 0.25) is 0 Å². The number of aliphatic carboxylic acids is 2. The first kappa shape index (κ1) is 13.9. The van der Waals surface area contributed by atoms with E-state index in [0.717, 1.165) is 25.7 Å². The Labute approximate surface area is 89.3 Å². The van der Waals surface area contributed by atoms with E-state index in [1.807, 2.05) is 0 Å². The minimum Gasteiger partial charge on any atom is -0.481 e. The zero-order valence-corrected chi connectivity index (χ0v) is 8.98. The van der Waals surface area contributed by atoms with Gasteiger partial charge in [-0.2, -0.15) is 0 Å². The molecule has 0 unspecified atom stereocenters. The SMILES string of the molecule is C[C@H](N)C(=O)O.O=C(O)C1CCCCC1. The Morgan fingerprint density at radius 1 is 1.20 bits per heavy atom. The molecule has 1 atom stereocenters. The van der Waals surface area contributed by atoms with Gasteiger partial charge in [0, 0.05) is 0 Å². The van der Waals surface area contributed by atoms with Crippen LogP contribution in [-0.4, -0.2) is 28.2 Å². The molecule has 1 aliphatic rings. The van der Waals surface area contributed by atoms with Crippen LogP contribution in [-0.2, 0) is 9.59 Å². The predicted molar refractivity (Wildman–Crippen MR) is 55.5 cm³/mol. The lowest BCUT2D eigenvalue weighted by atomic mass is 9.90. The Morgan fingerprint density at radius 2 is 1.60 bits per heavy atom. The molecule has 1 rings (SSSR count). The Kier molecular flexibility index (Phi) is 6.70. The molecule has 88 valence electrons. The summed E-state index contributed by atoms with van der Waals surface area (Å²) in [6.07, 6.45) is 5.24. The molecule has 0 saturated heterocycles. The second kappa shape index (κ2) is 7.23. The van der Waals surface area contributed by atoms with Gasteiger partial charge in [0.05, 0.1) is 5.92 Å². The number of hydrogen-bond donors (Lipinski definition) is 3. The molecule has 0 bridgehead atoms. The van der Waals surface area contributed by atoms with Crippen LogP contribution in [0.4, 0.5) is 0 Å². The van der Waals surface area contributed by atoms with Crippen molar-refractivity contribution in [1.29, 1.82) is 0 Å². The van der Waals surface area contributed by atoms with Gasteiger partial charge in [0.1, 0.15) is 6.04 Å². The average molecular weight is 217 g/mol. The molecule has 0 aromatic carbocycles. The fourth-order valence-electron chi connectivity index (χ4n) is 1.35. The number of carbonyl (C=O) groups is 2. The lowest BCUT2D eigenvalue weighted by Gasteiger charge is -2.16. The number of nitrogens with two attached hydrogens (primary N) is 1. The summed E-state index contributed by atoms with van der Waals surface area (Å²) >= 11 is 0. The van der Waals surface area contributed by atoms with Crippen LogP contribution in [0, 0.1) is 5.92 Å². The van der Waals surface area contributed by atoms with Crippen LogP contribution >= 0.6 is 0 Å². The van der Waals surface area contributed by atoms with Crippen molar-refractivity contribution >= 4 is 11.9 Å². The molecule has 1 fully saturated rings. The lowest BCUT2D eigenvalue weighted by Crippen LogP contribution is -2.25. The largest absolute Gasteiger partial charge is 0.481 e. The van der Waals surface area contributed by atoms with E-state index < -0.39 is 18.0 Å². The van der Waals surface area contributed by atoms with Crippen molar-refractivity contribution in [2.45, 2.75) is 45.1 Å². The van der Waals surface area contributed by atoms with E-state index in [4.69, 9.17) is 15.9 Å². The summed E-state index contributed by atoms with van der Waals surface area (Å²) in [5.41, 5.74) is 4.84. The van der Waals surface area contributed by atoms with Gasteiger partial charge in [-0.05, 0) is 19.8 Å². The van der Waals surface area contributed by atoms with Gasteiger partial charge in [0.15, 0.2) is 0 Å². The maximum atomic E-state index is 10.4. The highest BCUT2D eigenvalue weighted by atomic mass is 16.4. The van der Waals surface area contributed by atoms with Crippen molar-refractivity contribution in [2.75, 3.05) is 0 Å². The summed E-state index contributed by atoms with van der Waals surface area (Å²) in [4.78, 5) is 19.9. The van der Waals surface area contributed by atoms with Crippen molar-refractivity contribution in [3.8, 4) is 0 Å². The second-order valence-corrected chi connectivity index (χ2v) is 3.80. The molecule has 0 aliphatic heterocycles. The smallest absolute Gasteiger partial charge is 0.320 e. The van der Waals surface area contributed by atoms with Crippen molar-refractivity contribution in [3.05, 3.63) is 0 Å². The third-order valence-corrected chi connectivity index (χ3v) is 2.34. The molecule has 0 amide bonds. The van der Waals surface area contributed by atoms with E-state index in [1.165, 1.54) is 13.3 Å². The third kappa shape index (κ3) is 6.90. The van der Waals surface area contributed by atoms with Gasteiger partial charge in [-0.15, -0.1) is 0 Å². The molecule has 0 aromatic rings. The number of carboxylic acid groups (broad SMARTS) is 2. The molecular weight excluding hydrogens is 198 g/mol. The first-order valence-corrected chi connectivity index (χ1v) is 5.16. The summed E-state index contributed by atoms with van der Waals surface area (Å²) in [6, 6.07) is -0.731. The van der Waals surface area contributed by atoms with Crippen LogP contribution < -0.4 is 5.73 Å². The summed E-state index contributed by atoms with van der Waals surface area (Å²) in [7, 11) is 0. The fraction of sp³-hybridized carbons (Fsp3) is 0.800. The van der Waals surface area contributed by atoms with Crippen LogP contribution in [0.2, 0.25) is 0 Å². The molecule has 1 aliphatic carbocycles. The van der Waals surface area contributed by atoms with Gasteiger partial charge < -0.3 is 15.9 Å². The third-order valence-electron chi connectivity index (χ3n) is 2.34. The van der Waals surface area contributed by atoms with E-state index in [9.17, 15) is 9.59 Å². The van der Waals surface area contributed by atoms with Crippen molar-refractivity contribution in [1.82, 2.24) is 0 Å². The molecule has 0 radical (unpaired) electrons. The Hall–Kier alpha value is -1.10. The van der Waals surface area contributed by atoms with Crippen LogP contribution in [0.25, 0.3) is 0 Å². The zero-order chi connectivity index (χ0) is 11.8. The standard InChI is InChI=1S/C7H12O2.C3H7NO2/c8-7(9)6-4-2-1-3-5-6;1-2(4)3(5)6/h6H,1-5H2,(H,8,9);2H,4H2,1H3,(H,5,6)/t;2-/m.0/s1. The molecular formula is C10H19NO4. The normalized spacial score (nSPS) is 18.5.